The second-order valence-electron chi connectivity index (χ2n) is 6.75. The number of carboxylic acid groups (broad SMARTS) is 1. The zero-order chi connectivity index (χ0) is 17.6. The third-order valence-electron chi connectivity index (χ3n) is 5.15. The van der Waals surface area contributed by atoms with E-state index in [-0.39, 0.29) is 18.1 Å². The smallest absolute Gasteiger partial charge is 0.407 e. The SMILES string of the molecule is O=C(O)N1[C@@H]2CCC[C@H]1C[C@@H](Nc1nc(Cl)cc3ncc(I)cc13)C2. The summed E-state index contributed by atoms with van der Waals surface area (Å²) in [7, 11) is 0. The van der Waals surface area contributed by atoms with E-state index in [1.807, 2.05) is 6.07 Å². The van der Waals surface area contributed by atoms with Crippen molar-refractivity contribution in [1.29, 1.82) is 0 Å². The number of nitrogens with one attached hydrogen (secondary N) is 1. The summed E-state index contributed by atoms with van der Waals surface area (Å²) in [6.07, 6.45) is 5.59. The van der Waals surface area contributed by atoms with Gasteiger partial charge < -0.3 is 15.3 Å². The van der Waals surface area contributed by atoms with E-state index in [0.29, 0.717) is 5.15 Å². The van der Waals surface area contributed by atoms with E-state index < -0.39 is 6.09 Å². The van der Waals surface area contributed by atoms with Gasteiger partial charge >= 0.3 is 6.09 Å². The van der Waals surface area contributed by atoms with Crippen molar-refractivity contribution in [3.8, 4) is 0 Å². The average molecular weight is 473 g/mol. The van der Waals surface area contributed by atoms with Crippen LogP contribution in [0.4, 0.5) is 10.6 Å². The maximum atomic E-state index is 11.6. The summed E-state index contributed by atoms with van der Waals surface area (Å²) in [5, 5.41) is 14.4. The Morgan fingerprint density at radius 3 is 2.72 bits per heavy atom. The highest BCUT2D eigenvalue weighted by atomic mass is 127. The molecule has 0 radical (unpaired) electrons. The average Bonchev–Trinajstić information content (AvgIpc) is 2.54. The molecular formula is C17H18ClIN4O2. The third kappa shape index (κ3) is 3.36. The van der Waals surface area contributed by atoms with E-state index in [9.17, 15) is 9.90 Å². The van der Waals surface area contributed by atoms with Crippen LogP contribution in [-0.4, -0.2) is 44.2 Å². The van der Waals surface area contributed by atoms with Crippen molar-refractivity contribution in [2.75, 3.05) is 5.32 Å². The number of hydrogen-bond acceptors (Lipinski definition) is 4. The van der Waals surface area contributed by atoms with Gasteiger partial charge in [-0.25, -0.2) is 9.78 Å². The van der Waals surface area contributed by atoms with Gasteiger partial charge in [0, 0.05) is 39.3 Å². The Kier molecular flexibility index (Phi) is 4.61. The lowest BCUT2D eigenvalue weighted by Crippen LogP contribution is -2.56. The second kappa shape index (κ2) is 6.75. The van der Waals surface area contributed by atoms with Gasteiger partial charge in [0.15, 0.2) is 0 Å². The minimum atomic E-state index is -0.793. The molecule has 132 valence electrons. The van der Waals surface area contributed by atoms with Gasteiger partial charge in [0.25, 0.3) is 0 Å². The molecule has 2 aliphatic heterocycles. The molecular weight excluding hydrogens is 455 g/mol. The van der Waals surface area contributed by atoms with Gasteiger partial charge in [-0.15, -0.1) is 0 Å². The van der Waals surface area contributed by atoms with E-state index in [1.165, 1.54) is 0 Å². The molecule has 2 bridgehead atoms. The molecule has 8 heteroatoms. The van der Waals surface area contributed by atoms with Crippen molar-refractivity contribution < 1.29 is 9.90 Å². The Morgan fingerprint density at radius 2 is 2.04 bits per heavy atom. The summed E-state index contributed by atoms with van der Waals surface area (Å²) in [5.41, 5.74) is 0.811. The van der Waals surface area contributed by atoms with Crippen molar-refractivity contribution in [2.45, 2.75) is 50.2 Å². The number of pyridine rings is 2. The van der Waals surface area contributed by atoms with Crippen molar-refractivity contribution in [3.05, 3.63) is 27.1 Å². The molecule has 2 fully saturated rings. The van der Waals surface area contributed by atoms with Crippen molar-refractivity contribution in [1.82, 2.24) is 14.9 Å². The first-order chi connectivity index (χ1) is 12.0. The molecule has 0 saturated carbocycles. The molecule has 3 atom stereocenters. The number of hydrogen-bond donors (Lipinski definition) is 2. The van der Waals surface area contributed by atoms with E-state index in [2.05, 4.69) is 37.9 Å². The molecule has 4 heterocycles. The van der Waals surface area contributed by atoms with Crippen molar-refractivity contribution in [2.24, 2.45) is 0 Å². The van der Waals surface area contributed by atoms with Crippen LogP contribution in [0, 0.1) is 3.57 Å². The quantitative estimate of drug-likeness (QED) is 0.501. The molecule has 2 saturated heterocycles. The predicted molar refractivity (Wildman–Crippen MR) is 105 cm³/mol. The fourth-order valence-electron chi connectivity index (χ4n) is 4.18. The number of halogens is 2. The lowest BCUT2D eigenvalue weighted by molar-refractivity contribution is 0.0385. The van der Waals surface area contributed by atoms with Gasteiger partial charge in [-0.3, -0.25) is 4.98 Å². The van der Waals surface area contributed by atoms with Gasteiger partial charge in [-0.1, -0.05) is 11.6 Å². The van der Waals surface area contributed by atoms with E-state index in [1.54, 1.807) is 17.2 Å². The minimum Gasteiger partial charge on any atom is -0.465 e. The van der Waals surface area contributed by atoms with Crippen LogP contribution in [0.3, 0.4) is 0 Å². The van der Waals surface area contributed by atoms with Crippen LogP contribution >= 0.6 is 34.2 Å². The first-order valence-electron chi connectivity index (χ1n) is 8.41. The molecule has 6 nitrogen and oxygen atoms in total. The van der Waals surface area contributed by atoms with Gasteiger partial charge in [0.2, 0.25) is 0 Å². The molecule has 2 aromatic rings. The van der Waals surface area contributed by atoms with E-state index in [4.69, 9.17) is 11.6 Å². The lowest BCUT2D eigenvalue weighted by atomic mass is 9.82. The molecule has 2 aliphatic rings. The van der Waals surface area contributed by atoms with Crippen LogP contribution < -0.4 is 5.32 Å². The number of piperidine rings is 2. The Hall–Kier alpha value is -1.35. The maximum Gasteiger partial charge on any atom is 0.407 e. The third-order valence-corrected chi connectivity index (χ3v) is 5.93. The zero-order valence-electron chi connectivity index (χ0n) is 13.5. The summed E-state index contributed by atoms with van der Waals surface area (Å²) in [6, 6.07) is 4.18. The second-order valence-corrected chi connectivity index (χ2v) is 8.39. The van der Waals surface area contributed by atoms with E-state index >= 15 is 0 Å². The molecule has 0 unspecified atom stereocenters. The molecule has 4 rings (SSSR count). The number of anilines is 1. The van der Waals surface area contributed by atoms with Gasteiger partial charge in [0.1, 0.15) is 11.0 Å². The van der Waals surface area contributed by atoms with Crippen molar-refractivity contribution >= 4 is 57.0 Å². The number of fused-ring (bicyclic) bond motifs is 3. The highest BCUT2D eigenvalue weighted by Gasteiger charge is 2.41. The summed E-state index contributed by atoms with van der Waals surface area (Å²) in [6.45, 7) is 0. The monoisotopic (exact) mass is 472 g/mol. The predicted octanol–water partition coefficient (Wildman–Crippen LogP) is 4.36. The number of carbonyl (C=O) groups is 1. The first kappa shape index (κ1) is 17.1. The standard InChI is InChI=1S/C17H18ClIN4O2/c18-15-7-14-13(4-9(19)8-20-14)16(22-15)21-10-5-11-2-1-3-12(6-10)23(11)17(24)25/h4,7-8,10-12H,1-3,5-6H2,(H,21,22)(H,24,25)/t10-,11+,12-. The maximum absolute atomic E-state index is 11.6. The summed E-state index contributed by atoms with van der Waals surface area (Å²) >= 11 is 8.40. The summed E-state index contributed by atoms with van der Waals surface area (Å²) < 4.78 is 1.04. The number of nitrogens with zero attached hydrogens (tertiary/aromatic N) is 3. The lowest BCUT2D eigenvalue weighted by Gasteiger charge is -2.47. The molecule has 0 spiro atoms. The molecule has 0 aromatic carbocycles. The fraction of sp³-hybridized carbons (Fsp3) is 0.471. The highest BCUT2D eigenvalue weighted by molar-refractivity contribution is 14.1. The number of rotatable bonds is 2. The van der Waals surface area contributed by atoms with Crippen LogP contribution in [0.25, 0.3) is 10.9 Å². The van der Waals surface area contributed by atoms with Crippen molar-refractivity contribution in [3.63, 3.8) is 0 Å². The van der Waals surface area contributed by atoms with Crippen LogP contribution in [0.5, 0.6) is 0 Å². The minimum absolute atomic E-state index is 0.0891. The van der Waals surface area contributed by atoms with Gasteiger partial charge in [-0.05, 0) is 60.8 Å². The van der Waals surface area contributed by atoms with Gasteiger partial charge in [0.05, 0.1) is 5.52 Å². The van der Waals surface area contributed by atoms with Crippen LogP contribution in [0.15, 0.2) is 18.3 Å². The highest BCUT2D eigenvalue weighted by Crippen LogP contribution is 2.36. The molecule has 2 N–H and O–H groups in total. The molecule has 2 aromatic heterocycles. The zero-order valence-corrected chi connectivity index (χ0v) is 16.4. The number of aromatic nitrogens is 2. The van der Waals surface area contributed by atoms with E-state index in [0.717, 1.165) is 52.4 Å². The Bertz CT molecular complexity index is 820. The Labute approximate surface area is 164 Å². The van der Waals surface area contributed by atoms with Gasteiger partial charge in [-0.2, -0.15) is 0 Å². The molecule has 25 heavy (non-hydrogen) atoms. The number of amides is 1. The topological polar surface area (TPSA) is 78.4 Å². The fourth-order valence-corrected chi connectivity index (χ4v) is 4.82. The van der Waals surface area contributed by atoms with Crippen LogP contribution in [0.2, 0.25) is 5.15 Å². The summed E-state index contributed by atoms with van der Waals surface area (Å²) in [5.74, 6) is 0.736. The first-order valence-corrected chi connectivity index (χ1v) is 9.86. The van der Waals surface area contributed by atoms with Crippen LogP contribution in [0.1, 0.15) is 32.1 Å². The largest absolute Gasteiger partial charge is 0.465 e. The normalized spacial score (nSPS) is 25.8. The van der Waals surface area contributed by atoms with Crippen LogP contribution in [-0.2, 0) is 0 Å². The molecule has 0 aliphatic carbocycles. The molecule has 1 amide bonds. The summed E-state index contributed by atoms with van der Waals surface area (Å²) in [4.78, 5) is 22.1. The Morgan fingerprint density at radius 1 is 1.32 bits per heavy atom. The Balaban J connectivity index is 1.62.